The number of anilines is 1. The van der Waals surface area contributed by atoms with Gasteiger partial charge in [-0.2, -0.15) is 10.4 Å². The van der Waals surface area contributed by atoms with Crippen molar-refractivity contribution in [2.75, 3.05) is 12.4 Å². The van der Waals surface area contributed by atoms with Gasteiger partial charge in [0.2, 0.25) is 0 Å². The van der Waals surface area contributed by atoms with Gasteiger partial charge in [-0.05, 0) is 49.4 Å². The molecule has 1 amide bonds. The molecule has 0 aliphatic carbocycles. The van der Waals surface area contributed by atoms with Gasteiger partial charge in [-0.3, -0.25) is 9.48 Å². The predicted molar refractivity (Wildman–Crippen MR) is 114 cm³/mol. The van der Waals surface area contributed by atoms with Crippen molar-refractivity contribution < 1.29 is 9.53 Å². The van der Waals surface area contributed by atoms with Crippen LogP contribution in [0, 0.1) is 18.3 Å². The zero-order valence-electron chi connectivity index (χ0n) is 16.8. The molecule has 0 unspecified atom stereocenters. The van der Waals surface area contributed by atoms with Crippen LogP contribution < -0.4 is 10.1 Å². The lowest BCUT2D eigenvalue weighted by atomic mass is 10.0. The van der Waals surface area contributed by atoms with Gasteiger partial charge in [-0.15, -0.1) is 0 Å². The molecule has 0 saturated heterocycles. The number of ether oxygens (including phenoxy) is 1. The van der Waals surface area contributed by atoms with Crippen LogP contribution in [0.15, 0.2) is 54.6 Å². The standard InChI is InChI=1S/C23H19N5O2/c1-14-21-18(23(29)26-19-7-5-4-6-16(19)13-24)12-20(25-22(21)28(2)27-14)15-8-10-17(30-3)11-9-15/h4-12H,1-3H3,(H,26,29). The molecule has 2 aromatic heterocycles. The Balaban J connectivity index is 1.85. The normalized spacial score (nSPS) is 10.6. The largest absolute Gasteiger partial charge is 0.497 e. The number of rotatable bonds is 4. The molecule has 0 spiro atoms. The highest BCUT2D eigenvalue weighted by Crippen LogP contribution is 2.29. The van der Waals surface area contributed by atoms with Gasteiger partial charge in [0.05, 0.1) is 40.7 Å². The number of carbonyl (C=O) groups is 1. The summed E-state index contributed by atoms with van der Waals surface area (Å²) in [6, 6.07) is 18.2. The molecule has 0 aliphatic rings. The number of pyridine rings is 1. The van der Waals surface area contributed by atoms with E-state index in [1.54, 1.807) is 49.2 Å². The first-order valence-corrected chi connectivity index (χ1v) is 9.31. The molecule has 7 nitrogen and oxygen atoms in total. The van der Waals surface area contributed by atoms with Crippen molar-refractivity contribution in [1.82, 2.24) is 14.8 Å². The van der Waals surface area contributed by atoms with Gasteiger partial charge in [-0.1, -0.05) is 12.1 Å². The first kappa shape index (κ1) is 19.2. The van der Waals surface area contributed by atoms with Crippen LogP contribution >= 0.6 is 0 Å². The van der Waals surface area contributed by atoms with E-state index in [1.807, 2.05) is 31.2 Å². The number of fused-ring (bicyclic) bond motifs is 1. The lowest BCUT2D eigenvalue weighted by Gasteiger charge is -2.10. The maximum atomic E-state index is 13.2. The van der Waals surface area contributed by atoms with Crippen molar-refractivity contribution in [1.29, 1.82) is 5.26 Å². The zero-order chi connectivity index (χ0) is 21.3. The number of nitrogens with one attached hydrogen (secondary N) is 1. The SMILES string of the molecule is COc1ccc(-c2cc(C(=O)Nc3ccccc3C#N)c3c(C)nn(C)c3n2)cc1. The number of carbonyl (C=O) groups excluding carboxylic acids is 1. The van der Waals surface area contributed by atoms with Gasteiger partial charge in [0, 0.05) is 12.6 Å². The maximum Gasteiger partial charge on any atom is 0.256 e. The van der Waals surface area contributed by atoms with Gasteiger partial charge >= 0.3 is 0 Å². The molecular weight excluding hydrogens is 378 g/mol. The third-order valence-corrected chi connectivity index (χ3v) is 4.89. The second-order valence-corrected chi connectivity index (χ2v) is 6.80. The van der Waals surface area contributed by atoms with E-state index in [0.29, 0.717) is 39.2 Å². The molecule has 7 heteroatoms. The van der Waals surface area contributed by atoms with E-state index in [-0.39, 0.29) is 5.91 Å². The summed E-state index contributed by atoms with van der Waals surface area (Å²) in [7, 11) is 3.41. The number of methoxy groups -OCH3 is 1. The molecule has 1 N–H and O–H groups in total. The van der Waals surface area contributed by atoms with Gasteiger partial charge in [-0.25, -0.2) is 4.98 Å². The fourth-order valence-electron chi connectivity index (χ4n) is 3.41. The van der Waals surface area contributed by atoms with Crippen LogP contribution in [-0.4, -0.2) is 27.8 Å². The Morgan fingerprint density at radius 1 is 1.17 bits per heavy atom. The molecule has 0 aliphatic heterocycles. The molecule has 2 heterocycles. The number of nitrogens with zero attached hydrogens (tertiary/aromatic N) is 4. The van der Waals surface area contributed by atoms with Crippen LogP contribution in [0.5, 0.6) is 5.75 Å². The molecule has 0 bridgehead atoms. The number of benzene rings is 2. The molecule has 2 aromatic carbocycles. The van der Waals surface area contributed by atoms with Crippen molar-refractivity contribution in [2.24, 2.45) is 7.05 Å². The van der Waals surface area contributed by atoms with Crippen LogP contribution in [0.25, 0.3) is 22.3 Å². The third-order valence-electron chi connectivity index (χ3n) is 4.89. The van der Waals surface area contributed by atoms with E-state index in [4.69, 9.17) is 9.72 Å². The molecular formula is C23H19N5O2. The maximum absolute atomic E-state index is 13.2. The van der Waals surface area contributed by atoms with Crippen molar-refractivity contribution in [3.8, 4) is 23.1 Å². The van der Waals surface area contributed by atoms with Crippen LogP contribution in [-0.2, 0) is 7.05 Å². The van der Waals surface area contributed by atoms with Crippen LogP contribution in [0.1, 0.15) is 21.6 Å². The Kier molecular flexibility index (Phi) is 4.90. The zero-order valence-corrected chi connectivity index (χ0v) is 16.8. The number of nitriles is 1. The van der Waals surface area contributed by atoms with Crippen molar-refractivity contribution in [3.05, 3.63) is 71.4 Å². The van der Waals surface area contributed by atoms with E-state index >= 15 is 0 Å². The summed E-state index contributed by atoms with van der Waals surface area (Å²) >= 11 is 0. The highest BCUT2D eigenvalue weighted by Gasteiger charge is 2.20. The molecule has 148 valence electrons. The Morgan fingerprint density at radius 2 is 1.90 bits per heavy atom. The third kappa shape index (κ3) is 3.35. The number of hydrogen-bond donors (Lipinski definition) is 1. The molecule has 0 radical (unpaired) electrons. The van der Waals surface area contributed by atoms with Crippen LogP contribution in [0.2, 0.25) is 0 Å². The van der Waals surface area contributed by atoms with Crippen LogP contribution in [0.3, 0.4) is 0 Å². The molecule has 0 atom stereocenters. The van der Waals surface area contributed by atoms with Gasteiger partial charge < -0.3 is 10.1 Å². The summed E-state index contributed by atoms with van der Waals surface area (Å²) in [5.41, 5.74) is 4.12. The van der Waals surface area contributed by atoms with Gasteiger partial charge in [0.1, 0.15) is 11.8 Å². The summed E-state index contributed by atoms with van der Waals surface area (Å²) in [6.45, 7) is 1.84. The fourth-order valence-corrected chi connectivity index (χ4v) is 3.41. The molecule has 4 aromatic rings. The lowest BCUT2D eigenvalue weighted by Crippen LogP contribution is -2.14. The lowest BCUT2D eigenvalue weighted by molar-refractivity contribution is 0.102. The molecule has 0 saturated carbocycles. The quantitative estimate of drug-likeness (QED) is 0.560. The van der Waals surface area contributed by atoms with Gasteiger partial charge in [0.25, 0.3) is 5.91 Å². The molecule has 0 fully saturated rings. The average molecular weight is 397 g/mol. The monoisotopic (exact) mass is 397 g/mol. The Hall–Kier alpha value is -4.18. The number of hydrogen-bond acceptors (Lipinski definition) is 5. The highest BCUT2D eigenvalue weighted by molar-refractivity contribution is 6.13. The number of para-hydroxylation sites is 1. The minimum absolute atomic E-state index is 0.323. The second kappa shape index (κ2) is 7.68. The van der Waals surface area contributed by atoms with E-state index in [9.17, 15) is 10.1 Å². The van der Waals surface area contributed by atoms with Gasteiger partial charge in [0.15, 0.2) is 5.65 Å². The Morgan fingerprint density at radius 3 is 2.60 bits per heavy atom. The van der Waals surface area contributed by atoms with E-state index in [2.05, 4.69) is 16.5 Å². The highest BCUT2D eigenvalue weighted by atomic mass is 16.5. The topological polar surface area (TPSA) is 92.8 Å². The van der Waals surface area contributed by atoms with E-state index in [1.165, 1.54) is 0 Å². The predicted octanol–water partition coefficient (Wildman–Crippen LogP) is 4.08. The minimum Gasteiger partial charge on any atom is -0.497 e. The second-order valence-electron chi connectivity index (χ2n) is 6.80. The minimum atomic E-state index is -0.323. The van der Waals surface area contributed by atoms with E-state index < -0.39 is 0 Å². The first-order chi connectivity index (χ1) is 14.5. The summed E-state index contributed by atoms with van der Waals surface area (Å²) in [4.78, 5) is 18.0. The number of aryl methyl sites for hydroxylation is 2. The smallest absolute Gasteiger partial charge is 0.256 e. The fraction of sp³-hybridized carbons (Fsp3) is 0.130. The number of amides is 1. The number of aromatic nitrogens is 3. The summed E-state index contributed by atoms with van der Waals surface area (Å²) in [5.74, 6) is 0.415. The Bertz CT molecular complexity index is 1300. The van der Waals surface area contributed by atoms with Crippen molar-refractivity contribution >= 4 is 22.6 Å². The molecule has 30 heavy (non-hydrogen) atoms. The Labute approximate surface area is 173 Å². The van der Waals surface area contributed by atoms with Crippen LogP contribution in [0.4, 0.5) is 5.69 Å². The van der Waals surface area contributed by atoms with Crippen molar-refractivity contribution in [3.63, 3.8) is 0 Å². The summed E-state index contributed by atoms with van der Waals surface area (Å²) in [5, 5.41) is 17.3. The summed E-state index contributed by atoms with van der Waals surface area (Å²) in [6.07, 6.45) is 0. The van der Waals surface area contributed by atoms with Crippen molar-refractivity contribution in [2.45, 2.75) is 6.92 Å². The average Bonchev–Trinajstić information content (AvgIpc) is 3.07. The summed E-state index contributed by atoms with van der Waals surface area (Å²) < 4.78 is 6.89. The molecule has 4 rings (SSSR count). The van der Waals surface area contributed by atoms with E-state index in [0.717, 1.165) is 11.3 Å². The first-order valence-electron chi connectivity index (χ1n) is 9.31.